The molecule has 3 aromatic rings. The van der Waals surface area contributed by atoms with Crippen molar-refractivity contribution in [2.75, 3.05) is 12.4 Å². The number of benzene rings is 1. The van der Waals surface area contributed by atoms with E-state index >= 15 is 0 Å². The number of hydrogen-bond acceptors (Lipinski definition) is 4. The van der Waals surface area contributed by atoms with Gasteiger partial charge in [-0.25, -0.2) is 4.98 Å². The maximum atomic E-state index is 12.4. The molecule has 1 N–H and O–H groups in total. The van der Waals surface area contributed by atoms with Gasteiger partial charge in [-0.3, -0.25) is 9.20 Å². The predicted octanol–water partition coefficient (Wildman–Crippen LogP) is 2.76. The maximum Gasteiger partial charge on any atom is 0.263 e. The molecule has 0 fully saturated rings. The van der Waals surface area contributed by atoms with Gasteiger partial charge in [-0.05, 0) is 31.2 Å². The predicted molar refractivity (Wildman–Crippen MR) is 82.5 cm³/mol. The molecule has 0 saturated heterocycles. The molecule has 0 aliphatic heterocycles. The smallest absolute Gasteiger partial charge is 0.263 e. The monoisotopic (exact) mass is 281 g/mol. The van der Waals surface area contributed by atoms with Crippen LogP contribution in [-0.4, -0.2) is 16.5 Å². The number of hydrogen-bond donors (Lipinski definition) is 1. The van der Waals surface area contributed by atoms with E-state index in [1.807, 2.05) is 30.3 Å². The lowest BCUT2D eigenvalue weighted by Crippen LogP contribution is -2.19. The highest BCUT2D eigenvalue weighted by atomic mass is 16.5. The standard InChI is InChI=1S/C16H15N3O2/c1-11-14(17-12-7-4-3-5-8-12)18-15-13(21-2)9-6-10-19(15)16(11)20/h3-10,17H,1-2H3. The fourth-order valence-corrected chi connectivity index (χ4v) is 2.16. The van der Waals surface area contributed by atoms with Crippen LogP contribution in [0.1, 0.15) is 5.56 Å². The number of aromatic nitrogens is 2. The van der Waals surface area contributed by atoms with Crippen molar-refractivity contribution in [2.24, 2.45) is 0 Å². The molecule has 0 radical (unpaired) electrons. The summed E-state index contributed by atoms with van der Waals surface area (Å²) in [5.74, 6) is 1.10. The highest BCUT2D eigenvalue weighted by Crippen LogP contribution is 2.21. The quantitative estimate of drug-likeness (QED) is 0.802. The number of pyridine rings is 1. The Hall–Kier alpha value is -2.82. The zero-order chi connectivity index (χ0) is 14.8. The molecule has 0 atom stereocenters. The molecule has 2 aromatic heterocycles. The van der Waals surface area contributed by atoms with Gasteiger partial charge in [0.25, 0.3) is 5.56 Å². The zero-order valence-electron chi connectivity index (χ0n) is 11.8. The Bertz CT molecular complexity index is 841. The highest BCUT2D eigenvalue weighted by Gasteiger charge is 2.11. The summed E-state index contributed by atoms with van der Waals surface area (Å²) < 4.78 is 6.77. The van der Waals surface area contributed by atoms with Gasteiger partial charge in [-0.15, -0.1) is 0 Å². The van der Waals surface area contributed by atoms with Crippen LogP contribution >= 0.6 is 0 Å². The zero-order valence-corrected chi connectivity index (χ0v) is 11.8. The maximum absolute atomic E-state index is 12.4. The van der Waals surface area contributed by atoms with Crippen molar-refractivity contribution in [1.82, 2.24) is 9.38 Å². The second-order valence-electron chi connectivity index (χ2n) is 4.65. The summed E-state index contributed by atoms with van der Waals surface area (Å²) in [5.41, 5.74) is 1.82. The van der Waals surface area contributed by atoms with Crippen LogP contribution in [0.15, 0.2) is 53.5 Å². The Labute approximate surface area is 121 Å². The van der Waals surface area contributed by atoms with Crippen molar-refractivity contribution < 1.29 is 4.74 Å². The first-order valence-corrected chi connectivity index (χ1v) is 6.59. The third kappa shape index (κ3) is 2.33. The Morgan fingerprint density at radius 3 is 2.62 bits per heavy atom. The molecule has 5 heteroatoms. The number of para-hydroxylation sites is 1. The van der Waals surface area contributed by atoms with Crippen molar-refractivity contribution in [3.63, 3.8) is 0 Å². The Morgan fingerprint density at radius 1 is 1.14 bits per heavy atom. The number of fused-ring (bicyclic) bond motifs is 1. The topological polar surface area (TPSA) is 55.6 Å². The number of nitrogens with zero attached hydrogens (tertiary/aromatic N) is 2. The fourth-order valence-electron chi connectivity index (χ4n) is 2.16. The summed E-state index contributed by atoms with van der Waals surface area (Å²) in [6, 6.07) is 13.2. The van der Waals surface area contributed by atoms with E-state index in [0.29, 0.717) is 22.8 Å². The minimum Gasteiger partial charge on any atom is -0.493 e. The van der Waals surface area contributed by atoms with Gasteiger partial charge in [0.2, 0.25) is 0 Å². The van der Waals surface area contributed by atoms with Gasteiger partial charge in [-0.2, -0.15) is 0 Å². The highest BCUT2D eigenvalue weighted by molar-refractivity contribution is 5.64. The van der Waals surface area contributed by atoms with Gasteiger partial charge in [0.1, 0.15) is 5.82 Å². The van der Waals surface area contributed by atoms with Crippen LogP contribution in [0.3, 0.4) is 0 Å². The van der Waals surface area contributed by atoms with Crippen molar-refractivity contribution in [3.05, 3.63) is 64.6 Å². The van der Waals surface area contributed by atoms with Gasteiger partial charge < -0.3 is 10.1 Å². The minimum absolute atomic E-state index is 0.114. The van der Waals surface area contributed by atoms with Gasteiger partial charge >= 0.3 is 0 Å². The first kappa shape index (κ1) is 13.2. The SMILES string of the molecule is COc1cccn2c(=O)c(C)c(Nc3ccccc3)nc12. The molecule has 3 rings (SSSR count). The Kier molecular flexibility index (Phi) is 3.31. The number of anilines is 2. The second kappa shape index (κ2) is 5.28. The van der Waals surface area contributed by atoms with Crippen LogP contribution in [0, 0.1) is 6.92 Å². The van der Waals surface area contributed by atoms with E-state index in [9.17, 15) is 4.79 Å². The molecule has 2 heterocycles. The van der Waals surface area contributed by atoms with Crippen LogP contribution in [0.2, 0.25) is 0 Å². The summed E-state index contributed by atoms with van der Waals surface area (Å²) in [6.45, 7) is 1.76. The molecule has 0 aliphatic carbocycles. The van der Waals surface area contributed by atoms with Crippen molar-refractivity contribution >= 4 is 17.2 Å². The summed E-state index contributed by atoms with van der Waals surface area (Å²) in [5, 5.41) is 3.18. The van der Waals surface area contributed by atoms with Crippen molar-refractivity contribution in [3.8, 4) is 5.75 Å². The first-order valence-electron chi connectivity index (χ1n) is 6.59. The fraction of sp³-hybridized carbons (Fsp3) is 0.125. The molecular weight excluding hydrogens is 266 g/mol. The average molecular weight is 281 g/mol. The summed E-state index contributed by atoms with van der Waals surface area (Å²) in [4.78, 5) is 17.0. The molecule has 0 bridgehead atoms. The van der Waals surface area contributed by atoms with Crippen LogP contribution in [0.5, 0.6) is 5.75 Å². The Morgan fingerprint density at radius 2 is 1.90 bits per heavy atom. The average Bonchev–Trinajstić information content (AvgIpc) is 2.53. The van der Waals surface area contributed by atoms with Crippen LogP contribution < -0.4 is 15.6 Å². The lowest BCUT2D eigenvalue weighted by molar-refractivity contribution is 0.416. The molecule has 0 saturated carbocycles. The minimum atomic E-state index is -0.114. The van der Waals surface area contributed by atoms with Crippen LogP contribution in [0.25, 0.3) is 5.65 Å². The molecule has 0 spiro atoms. The van der Waals surface area contributed by atoms with Crippen molar-refractivity contribution in [2.45, 2.75) is 6.92 Å². The lowest BCUT2D eigenvalue weighted by Gasteiger charge is -2.12. The van der Waals surface area contributed by atoms with Gasteiger partial charge in [-0.1, -0.05) is 18.2 Å². The van der Waals surface area contributed by atoms with Crippen LogP contribution in [-0.2, 0) is 0 Å². The third-order valence-electron chi connectivity index (χ3n) is 3.30. The third-order valence-corrected chi connectivity index (χ3v) is 3.30. The summed E-state index contributed by atoms with van der Waals surface area (Å²) in [6.07, 6.45) is 1.69. The van der Waals surface area contributed by atoms with Gasteiger partial charge in [0.15, 0.2) is 11.4 Å². The molecule has 106 valence electrons. The van der Waals surface area contributed by atoms with E-state index in [2.05, 4.69) is 10.3 Å². The molecule has 0 unspecified atom stereocenters. The van der Waals surface area contributed by atoms with E-state index in [4.69, 9.17) is 4.74 Å². The van der Waals surface area contributed by atoms with E-state index in [0.717, 1.165) is 5.69 Å². The van der Waals surface area contributed by atoms with Gasteiger partial charge in [0, 0.05) is 11.9 Å². The lowest BCUT2D eigenvalue weighted by atomic mass is 10.3. The number of methoxy groups -OCH3 is 1. The van der Waals surface area contributed by atoms with E-state index < -0.39 is 0 Å². The van der Waals surface area contributed by atoms with Crippen LogP contribution in [0.4, 0.5) is 11.5 Å². The first-order chi connectivity index (χ1) is 10.2. The van der Waals surface area contributed by atoms with E-state index in [-0.39, 0.29) is 5.56 Å². The normalized spacial score (nSPS) is 10.6. The summed E-state index contributed by atoms with van der Waals surface area (Å²) >= 11 is 0. The van der Waals surface area contributed by atoms with Gasteiger partial charge in [0.05, 0.1) is 12.7 Å². The largest absolute Gasteiger partial charge is 0.493 e. The molecule has 5 nitrogen and oxygen atoms in total. The molecule has 0 aliphatic rings. The van der Waals surface area contributed by atoms with Crippen molar-refractivity contribution in [1.29, 1.82) is 0 Å². The number of ether oxygens (including phenoxy) is 1. The molecule has 1 aromatic carbocycles. The molecule has 0 amide bonds. The summed E-state index contributed by atoms with van der Waals surface area (Å²) in [7, 11) is 1.56. The van der Waals surface area contributed by atoms with E-state index in [1.165, 1.54) is 4.40 Å². The Balaban J connectivity index is 2.19. The molecular formula is C16H15N3O2. The molecule has 21 heavy (non-hydrogen) atoms. The number of nitrogens with one attached hydrogen (secondary N) is 1. The number of rotatable bonds is 3. The van der Waals surface area contributed by atoms with E-state index in [1.54, 1.807) is 32.4 Å². The second-order valence-corrected chi connectivity index (χ2v) is 4.65.